The van der Waals surface area contributed by atoms with Crippen molar-refractivity contribution >= 4 is 11.8 Å². The van der Waals surface area contributed by atoms with Gasteiger partial charge in [0, 0.05) is 16.6 Å². The first-order chi connectivity index (χ1) is 6.86. The smallest absolute Gasteiger partial charge is 0.0622 e. The molecule has 0 spiro atoms. The quantitative estimate of drug-likeness (QED) is 0.754. The van der Waals surface area contributed by atoms with E-state index in [4.69, 9.17) is 10.4 Å². The molecule has 0 radical (unpaired) electrons. The van der Waals surface area contributed by atoms with Crippen molar-refractivity contribution in [2.75, 3.05) is 6.61 Å². The van der Waals surface area contributed by atoms with Crippen molar-refractivity contribution < 1.29 is 5.11 Å². The van der Waals surface area contributed by atoms with E-state index in [1.54, 1.807) is 11.8 Å². The van der Waals surface area contributed by atoms with Crippen LogP contribution < -0.4 is 0 Å². The fraction of sp³-hybridized carbons (Fsp3) is 0.364. The van der Waals surface area contributed by atoms with E-state index in [0.29, 0.717) is 6.42 Å². The molecule has 0 heterocycles. The number of rotatable bonds is 5. The molecule has 1 unspecified atom stereocenters. The van der Waals surface area contributed by atoms with E-state index in [9.17, 15) is 0 Å². The molecule has 2 nitrogen and oxygen atoms in total. The van der Waals surface area contributed by atoms with Crippen molar-refractivity contribution in [3.8, 4) is 6.07 Å². The van der Waals surface area contributed by atoms with Crippen LogP contribution in [0.15, 0.2) is 35.2 Å². The fourth-order valence-corrected chi connectivity index (χ4v) is 2.11. The summed E-state index contributed by atoms with van der Waals surface area (Å²) >= 11 is 1.63. The zero-order valence-electron chi connectivity index (χ0n) is 7.89. The summed E-state index contributed by atoms with van der Waals surface area (Å²) < 4.78 is 0. The molecule has 1 aromatic rings. The molecule has 0 aliphatic rings. The highest BCUT2D eigenvalue weighted by molar-refractivity contribution is 8.00. The molecular weight excluding hydrogens is 194 g/mol. The van der Waals surface area contributed by atoms with Gasteiger partial charge in [0.05, 0.1) is 12.7 Å². The molecule has 74 valence electrons. The maximum absolute atomic E-state index is 9.08. The summed E-state index contributed by atoms with van der Waals surface area (Å²) in [5, 5.41) is 17.7. The lowest BCUT2D eigenvalue weighted by atomic mass is 10.2. The number of hydrogen-bond donors (Lipinski definition) is 1. The highest BCUT2D eigenvalue weighted by Crippen LogP contribution is 2.25. The van der Waals surface area contributed by atoms with Crippen LogP contribution >= 0.6 is 11.8 Å². The number of thioether (sulfide) groups is 1. The van der Waals surface area contributed by atoms with Gasteiger partial charge >= 0.3 is 0 Å². The standard InChI is InChI=1S/C11H13NOS/c12-8-4-7-11(9-13)14-10-5-2-1-3-6-10/h1-3,5-6,11,13H,4,7,9H2. The summed E-state index contributed by atoms with van der Waals surface area (Å²) in [5.41, 5.74) is 0. The normalized spacial score (nSPS) is 12.0. The molecule has 0 bridgehead atoms. The van der Waals surface area contributed by atoms with Gasteiger partial charge in [0.1, 0.15) is 0 Å². The Morgan fingerprint density at radius 3 is 2.64 bits per heavy atom. The Morgan fingerprint density at radius 1 is 1.36 bits per heavy atom. The van der Waals surface area contributed by atoms with E-state index in [1.807, 2.05) is 30.3 Å². The fourth-order valence-electron chi connectivity index (χ4n) is 1.10. The topological polar surface area (TPSA) is 44.0 Å². The van der Waals surface area contributed by atoms with Crippen LogP contribution in [0.4, 0.5) is 0 Å². The largest absolute Gasteiger partial charge is 0.395 e. The molecule has 0 saturated carbocycles. The first kappa shape index (κ1) is 11.1. The Kier molecular flexibility index (Phi) is 5.13. The highest BCUT2D eigenvalue weighted by atomic mass is 32.2. The third kappa shape index (κ3) is 3.82. The van der Waals surface area contributed by atoms with Gasteiger partial charge in [-0.1, -0.05) is 18.2 Å². The molecule has 1 rings (SSSR count). The van der Waals surface area contributed by atoms with Crippen molar-refractivity contribution in [2.24, 2.45) is 0 Å². The van der Waals surface area contributed by atoms with Crippen LogP contribution in [0.3, 0.4) is 0 Å². The summed E-state index contributed by atoms with van der Waals surface area (Å²) in [6.07, 6.45) is 1.25. The van der Waals surface area contributed by atoms with Gasteiger partial charge in [-0.25, -0.2) is 0 Å². The van der Waals surface area contributed by atoms with Crippen LogP contribution in [0.5, 0.6) is 0 Å². The Hall–Kier alpha value is -0.980. The lowest BCUT2D eigenvalue weighted by molar-refractivity contribution is 0.291. The molecule has 1 atom stereocenters. The van der Waals surface area contributed by atoms with Gasteiger partial charge in [0.15, 0.2) is 0 Å². The maximum Gasteiger partial charge on any atom is 0.0622 e. The van der Waals surface area contributed by atoms with Crippen LogP contribution in [0.2, 0.25) is 0 Å². The van der Waals surface area contributed by atoms with Crippen molar-refractivity contribution in [3.63, 3.8) is 0 Å². The number of hydrogen-bond acceptors (Lipinski definition) is 3. The number of benzene rings is 1. The molecular formula is C11H13NOS. The van der Waals surface area contributed by atoms with Crippen molar-refractivity contribution in [1.82, 2.24) is 0 Å². The number of nitrogens with zero attached hydrogens (tertiary/aromatic N) is 1. The summed E-state index contributed by atoms with van der Waals surface area (Å²) in [5.74, 6) is 0. The van der Waals surface area contributed by atoms with Crippen molar-refractivity contribution in [1.29, 1.82) is 5.26 Å². The van der Waals surface area contributed by atoms with Crippen molar-refractivity contribution in [2.45, 2.75) is 23.0 Å². The van der Waals surface area contributed by atoms with Gasteiger partial charge in [-0.15, -0.1) is 11.8 Å². The molecule has 0 aliphatic heterocycles. The Balaban J connectivity index is 2.45. The SMILES string of the molecule is N#CCCC(CO)Sc1ccccc1. The molecule has 0 amide bonds. The second kappa shape index (κ2) is 6.47. The van der Waals surface area contributed by atoms with Gasteiger partial charge in [0.2, 0.25) is 0 Å². The molecule has 0 saturated heterocycles. The number of aliphatic hydroxyl groups excluding tert-OH is 1. The third-order valence-corrected chi connectivity index (χ3v) is 3.09. The van der Waals surface area contributed by atoms with Crippen LogP contribution in [0.25, 0.3) is 0 Å². The monoisotopic (exact) mass is 207 g/mol. The van der Waals surface area contributed by atoms with Crippen LogP contribution in [-0.4, -0.2) is 17.0 Å². The minimum Gasteiger partial charge on any atom is -0.395 e. The van der Waals surface area contributed by atoms with Gasteiger partial charge in [0.25, 0.3) is 0 Å². The average Bonchev–Trinajstić information content (AvgIpc) is 2.25. The molecule has 0 fully saturated rings. The molecule has 1 aromatic carbocycles. The van der Waals surface area contributed by atoms with Gasteiger partial charge in [-0.2, -0.15) is 5.26 Å². The minimum atomic E-state index is 0.126. The Labute approximate surface area is 88.6 Å². The van der Waals surface area contributed by atoms with E-state index in [-0.39, 0.29) is 11.9 Å². The summed E-state index contributed by atoms with van der Waals surface area (Å²) in [6, 6.07) is 12.0. The second-order valence-corrected chi connectivity index (χ2v) is 4.31. The van der Waals surface area contributed by atoms with Crippen LogP contribution in [-0.2, 0) is 0 Å². The maximum atomic E-state index is 9.08. The summed E-state index contributed by atoms with van der Waals surface area (Å²) in [6.45, 7) is 0.126. The summed E-state index contributed by atoms with van der Waals surface area (Å²) in [4.78, 5) is 1.14. The van der Waals surface area contributed by atoms with Crippen LogP contribution in [0, 0.1) is 11.3 Å². The van der Waals surface area contributed by atoms with E-state index in [1.165, 1.54) is 0 Å². The van der Waals surface area contributed by atoms with E-state index < -0.39 is 0 Å². The zero-order chi connectivity index (χ0) is 10.2. The van der Waals surface area contributed by atoms with E-state index in [2.05, 4.69) is 6.07 Å². The van der Waals surface area contributed by atoms with E-state index >= 15 is 0 Å². The van der Waals surface area contributed by atoms with Crippen LogP contribution in [0.1, 0.15) is 12.8 Å². The van der Waals surface area contributed by atoms with Gasteiger partial charge in [-0.3, -0.25) is 0 Å². The molecule has 3 heteroatoms. The number of aliphatic hydroxyl groups is 1. The second-order valence-electron chi connectivity index (χ2n) is 2.93. The molecule has 0 aromatic heterocycles. The lowest BCUT2D eigenvalue weighted by Crippen LogP contribution is -2.07. The average molecular weight is 207 g/mol. The Bertz CT molecular complexity index is 294. The van der Waals surface area contributed by atoms with E-state index in [0.717, 1.165) is 11.3 Å². The summed E-state index contributed by atoms with van der Waals surface area (Å²) in [7, 11) is 0. The first-order valence-electron chi connectivity index (χ1n) is 4.56. The first-order valence-corrected chi connectivity index (χ1v) is 5.44. The highest BCUT2D eigenvalue weighted by Gasteiger charge is 2.08. The minimum absolute atomic E-state index is 0.126. The molecule has 1 N–H and O–H groups in total. The zero-order valence-corrected chi connectivity index (χ0v) is 8.70. The predicted octanol–water partition coefficient (Wildman–Crippen LogP) is 2.44. The molecule has 0 aliphatic carbocycles. The molecule has 14 heavy (non-hydrogen) atoms. The lowest BCUT2D eigenvalue weighted by Gasteiger charge is -2.11. The third-order valence-electron chi connectivity index (χ3n) is 1.83. The van der Waals surface area contributed by atoms with Crippen molar-refractivity contribution in [3.05, 3.63) is 30.3 Å². The number of nitriles is 1. The van der Waals surface area contributed by atoms with Gasteiger partial charge in [-0.05, 0) is 18.6 Å². The predicted molar refractivity (Wildman–Crippen MR) is 58.0 cm³/mol. The Morgan fingerprint density at radius 2 is 2.07 bits per heavy atom. The van der Waals surface area contributed by atoms with Gasteiger partial charge < -0.3 is 5.11 Å².